The van der Waals surface area contributed by atoms with Crippen molar-refractivity contribution >= 4 is 11.8 Å². The largest absolute Gasteiger partial charge is 0.484 e. The van der Waals surface area contributed by atoms with E-state index in [1.54, 1.807) is 0 Å². The minimum atomic E-state index is -4.52. The fourth-order valence-electron chi connectivity index (χ4n) is 2.45. The highest BCUT2D eigenvalue weighted by Gasteiger charge is 2.30. The van der Waals surface area contributed by atoms with Crippen molar-refractivity contribution in [2.24, 2.45) is 0 Å². The fraction of sp³-hybridized carbons (Fsp3) is 0.200. The van der Waals surface area contributed by atoms with Gasteiger partial charge in [0.05, 0.1) is 5.56 Å². The first-order chi connectivity index (χ1) is 15.2. The highest BCUT2D eigenvalue weighted by molar-refractivity contribution is 5.89. The van der Waals surface area contributed by atoms with Crippen LogP contribution in [0.25, 0.3) is 11.4 Å². The molecule has 0 fully saturated rings. The number of rotatable bonds is 8. The van der Waals surface area contributed by atoms with Crippen LogP contribution >= 0.6 is 0 Å². The summed E-state index contributed by atoms with van der Waals surface area (Å²) < 4.78 is 60.8. The van der Waals surface area contributed by atoms with Gasteiger partial charge in [0.15, 0.2) is 6.61 Å². The zero-order chi connectivity index (χ0) is 23.1. The maximum absolute atomic E-state index is 13.0. The van der Waals surface area contributed by atoms with Crippen molar-refractivity contribution in [1.29, 1.82) is 0 Å². The number of ether oxygens (including phenoxy) is 1. The van der Waals surface area contributed by atoms with E-state index in [1.807, 2.05) is 0 Å². The zero-order valence-electron chi connectivity index (χ0n) is 16.3. The summed E-state index contributed by atoms with van der Waals surface area (Å²) in [6, 6.07) is 9.44. The molecule has 8 nitrogen and oxygen atoms in total. The van der Waals surface area contributed by atoms with E-state index in [2.05, 4.69) is 20.8 Å². The van der Waals surface area contributed by atoms with Crippen molar-refractivity contribution in [2.45, 2.75) is 6.18 Å². The average molecular weight is 452 g/mol. The summed E-state index contributed by atoms with van der Waals surface area (Å²) in [6.07, 6.45) is -4.52. The molecule has 1 heterocycles. The molecule has 2 aromatic carbocycles. The van der Waals surface area contributed by atoms with Gasteiger partial charge < -0.3 is 19.9 Å². The highest BCUT2D eigenvalue weighted by Crippen LogP contribution is 2.31. The second-order valence-corrected chi connectivity index (χ2v) is 6.35. The Kier molecular flexibility index (Phi) is 7.03. The molecule has 0 aliphatic rings. The third-order valence-electron chi connectivity index (χ3n) is 3.99. The van der Waals surface area contributed by atoms with Gasteiger partial charge in [-0.15, -0.1) is 0 Å². The minimum absolute atomic E-state index is 0.0163. The van der Waals surface area contributed by atoms with Crippen LogP contribution in [0.4, 0.5) is 17.6 Å². The molecule has 0 bridgehead atoms. The Bertz CT molecular complexity index is 1080. The Morgan fingerprint density at radius 2 is 1.75 bits per heavy atom. The molecule has 0 atom stereocenters. The van der Waals surface area contributed by atoms with Crippen LogP contribution in [0.5, 0.6) is 5.75 Å². The minimum Gasteiger partial charge on any atom is -0.484 e. The van der Waals surface area contributed by atoms with Gasteiger partial charge in [0, 0.05) is 18.7 Å². The number of amides is 2. The van der Waals surface area contributed by atoms with Gasteiger partial charge in [0.2, 0.25) is 5.82 Å². The monoisotopic (exact) mass is 452 g/mol. The quantitative estimate of drug-likeness (QED) is 0.402. The number of nitrogens with zero attached hydrogens (tertiary/aromatic N) is 2. The van der Waals surface area contributed by atoms with Crippen molar-refractivity contribution in [2.75, 3.05) is 19.7 Å². The molecule has 0 spiro atoms. The fourth-order valence-corrected chi connectivity index (χ4v) is 2.45. The number of carbonyl (C=O) groups is 2. The molecule has 0 saturated carbocycles. The average Bonchev–Trinajstić information content (AvgIpc) is 3.26. The number of alkyl halides is 3. The van der Waals surface area contributed by atoms with E-state index in [9.17, 15) is 27.2 Å². The Morgan fingerprint density at radius 3 is 2.47 bits per heavy atom. The van der Waals surface area contributed by atoms with Crippen LogP contribution in [-0.2, 0) is 11.0 Å². The summed E-state index contributed by atoms with van der Waals surface area (Å²) in [5.74, 6) is -2.01. The Morgan fingerprint density at radius 1 is 1.03 bits per heavy atom. The smallest absolute Gasteiger partial charge is 0.416 e. The van der Waals surface area contributed by atoms with Gasteiger partial charge in [0.25, 0.3) is 5.91 Å². The lowest BCUT2D eigenvalue weighted by molar-refractivity contribution is -0.137. The number of hydrogen-bond acceptors (Lipinski definition) is 6. The maximum Gasteiger partial charge on any atom is 0.416 e. The van der Waals surface area contributed by atoms with Gasteiger partial charge in [-0.2, -0.15) is 18.2 Å². The van der Waals surface area contributed by atoms with Gasteiger partial charge >= 0.3 is 18.0 Å². The van der Waals surface area contributed by atoms with Crippen LogP contribution in [0.2, 0.25) is 0 Å². The topological polar surface area (TPSA) is 106 Å². The number of halogens is 4. The van der Waals surface area contributed by atoms with E-state index in [-0.39, 0.29) is 30.6 Å². The Balaban J connectivity index is 1.39. The molecule has 1 aromatic heterocycles. The van der Waals surface area contributed by atoms with Crippen molar-refractivity contribution in [3.05, 3.63) is 65.8 Å². The second-order valence-electron chi connectivity index (χ2n) is 6.35. The number of nitrogens with one attached hydrogen (secondary N) is 2. The van der Waals surface area contributed by atoms with Gasteiger partial charge in [-0.3, -0.25) is 9.59 Å². The molecule has 32 heavy (non-hydrogen) atoms. The Labute approximate surface area is 178 Å². The van der Waals surface area contributed by atoms with Gasteiger partial charge in [0.1, 0.15) is 11.6 Å². The molecule has 0 aliphatic heterocycles. The lowest BCUT2D eigenvalue weighted by atomic mass is 10.2. The SMILES string of the molecule is O=C(COc1cccc(C(F)(F)F)c1)NCCNC(=O)c1nc(-c2ccc(F)cc2)no1. The second kappa shape index (κ2) is 9.90. The summed E-state index contributed by atoms with van der Waals surface area (Å²) in [4.78, 5) is 27.7. The van der Waals surface area contributed by atoms with E-state index >= 15 is 0 Å². The van der Waals surface area contributed by atoms with Crippen LogP contribution in [0, 0.1) is 5.82 Å². The van der Waals surface area contributed by atoms with Crippen LogP contribution in [-0.4, -0.2) is 41.7 Å². The van der Waals surface area contributed by atoms with E-state index in [1.165, 1.54) is 36.4 Å². The molecule has 168 valence electrons. The van der Waals surface area contributed by atoms with Crippen molar-refractivity contribution in [1.82, 2.24) is 20.8 Å². The molecule has 12 heteroatoms. The van der Waals surface area contributed by atoms with Gasteiger partial charge in [-0.25, -0.2) is 4.39 Å². The Hall–Kier alpha value is -3.96. The van der Waals surface area contributed by atoms with Crippen LogP contribution in [0.15, 0.2) is 53.1 Å². The first-order valence-electron chi connectivity index (χ1n) is 9.17. The zero-order valence-corrected chi connectivity index (χ0v) is 16.3. The van der Waals surface area contributed by atoms with E-state index in [0.29, 0.717) is 5.56 Å². The predicted molar refractivity (Wildman–Crippen MR) is 102 cm³/mol. The maximum atomic E-state index is 13.0. The van der Waals surface area contributed by atoms with Crippen molar-refractivity contribution in [3.63, 3.8) is 0 Å². The summed E-state index contributed by atoms with van der Waals surface area (Å²) in [6.45, 7) is -0.460. The molecule has 0 aliphatic carbocycles. The molecule has 2 N–H and O–H groups in total. The summed E-state index contributed by atoms with van der Waals surface area (Å²) in [5.41, 5.74) is -0.427. The lowest BCUT2D eigenvalue weighted by Crippen LogP contribution is -2.36. The number of carbonyl (C=O) groups excluding carboxylic acids is 2. The van der Waals surface area contributed by atoms with Gasteiger partial charge in [-0.1, -0.05) is 11.2 Å². The lowest BCUT2D eigenvalue weighted by Gasteiger charge is -2.10. The van der Waals surface area contributed by atoms with Gasteiger partial charge in [-0.05, 0) is 42.5 Å². The van der Waals surface area contributed by atoms with Crippen molar-refractivity contribution < 1.29 is 36.4 Å². The number of benzene rings is 2. The van der Waals surface area contributed by atoms with Crippen LogP contribution < -0.4 is 15.4 Å². The van der Waals surface area contributed by atoms with Crippen molar-refractivity contribution in [3.8, 4) is 17.1 Å². The summed E-state index contributed by atoms with van der Waals surface area (Å²) in [7, 11) is 0. The third-order valence-corrected chi connectivity index (χ3v) is 3.99. The molecule has 2 amide bonds. The molecule has 0 saturated heterocycles. The third kappa shape index (κ3) is 6.27. The normalized spacial score (nSPS) is 11.1. The van der Waals surface area contributed by atoms with E-state index in [0.717, 1.165) is 12.1 Å². The molecule has 0 unspecified atom stereocenters. The molecular weight excluding hydrogens is 436 g/mol. The van der Waals surface area contributed by atoms with Crippen LogP contribution in [0.1, 0.15) is 16.2 Å². The molecule has 0 radical (unpaired) electrons. The summed E-state index contributed by atoms with van der Waals surface area (Å²) in [5, 5.41) is 8.53. The first-order valence-corrected chi connectivity index (χ1v) is 9.17. The van der Waals surface area contributed by atoms with E-state index in [4.69, 9.17) is 9.26 Å². The van der Waals surface area contributed by atoms with Crippen LogP contribution in [0.3, 0.4) is 0 Å². The summed E-state index contributed by atoms with van der Waals surface area (Å²) >= 11 is 0. The number of aromatic nitrogens is 2. The predicted octanol–water partition coefficient (Wildman–Crippen LogP) is 2.82. The standard InChI is InChI=1S/C20H16F4N4O4/c21-14-6-4-12(5-7-14)17-27-19(32-28-17)18(30)26-9-8-25-16(29)11-31-15-3-1-2-13(10-15)20(22,23)24/h1-7,10H,8-9,11H2,(H,25,29)(H,26,30). The highest BCUT2D eigenvalue weighted by atomic mass is 19.4. The number of hydrogen-bond donors (Lipinski definition) is 2. The van der Waals surface area contributed by atoms with E-state index < -0.39 is 36.0 Å². The molecular formula is C20H16F4N4O4. The molecule has 3 aromatic rings. The first kappa shape index (κ1) is 22.7. The molecule has 3 rings (SSSR count).